The quantitative estimate of drug-likeness (QED) is 0.717. The summed E-state index contributed by atoms with van der Waals surface area (Å²) in [5, 5.41) is 0. The Bertz CT molecular complexity index is 460. The monoisotopic (exact) mass is 305 g/mol. The number of aromatic nitrogens is 2. The van der Waals surface area contributed by atoms with Crippen LogP contribution in [0, 0.1) is 6.92 Å². The van der Waals surface area contributed by atoms with Gasteiger partial charge in [0.15, 0.2) is 0 Å². The van der Waals surface area contributed by atoms with Gasteiger partial charge in [0.25, 0.3) is 0 Å². The van der Waals surface area contributed by atoms with Gasteiger partial charge >= 0.3 is 6.72 Å². The van der Waals surface area contributed by atoms with Gasteiger partial charge in [-0.25, -0.2) is 4.98 Å². The second kappa shape index (κ2) is 7.14. The zero-order valence-electron chi connectivity index (χ0n) is 11.9. The zero-order chi connectivity index (χ0) is 14.5. The van der Waals surface area contributed by atoms with Gasteiger partial charge in [0.2, 0.25) is 11.8 Å². The first kappa shape index (κ1) is 16.3. The van der Waals surface area contributed by atoms with Gasteiger partial charge in [-0.3, -0.25) is 9.05 Å². The first-order valence-electron chi connectivity index (χ1n) is 6.02. The molecule has 108 valence electrons. The molecule has 0 aromatic carbocycles. The first-order valence-corrected chi connectivity index (χ1v) is 8.57. The van der Waals surface area contributed by atoms with E-state index in [2.05, 4.69) is 9.97 Å². The summed E-state index contributed by atoms with van der Waals surface area (Å²) < 4.78 is 16.5. The molecule has 1 rings (SSSR count). The molecule has 1 aromatic heterocycles. The standard InChI is InChI=1S/C11H20N3O3PS/c1-6-15-18(19,16-7-2)17-10-8-9(3)12-11(13-10)14(4)5/h8H,6-7H2,1-5H3. The van der Waals surface area contributed by atoms with E-state index in [0.717, 1.165) is 5.69 Å². The van der Waals surface area contributed by atoms with Crippen LogP contribution in [0.5, 0.6) is 5.88 Å². The second-order valence-corrected chi connectivity index (χ2v) is 6.85. The fourth-order valence-corrected chi connectivity index (χ4v) is 3.29. The maximum atomic E-state index is 5.66. The fourth-order valence-electron chi connectivity index (χ4n) is 1.29. The molecule has 0 spiro atoms. The third-order valence-corrected chi connectivity index (χ3v) is 4.41. The van der Waals surface area contributed by atoms with Crippen molar-refractivity contribution in [1.29, 1.82) is 0 Å². The molecular formula is C11H20N3O3PS. The Balaban J connectivity index is 2.99. The summed E-state index contributed by atoms with van der Waals surface area (Å²) in [6.07, 6.45) is 0. The molecule has 8 heteroatoms. The van der Waals surface area contributed by atoms with Gasteiger partial charge < -0.3 is 9.42 Å². The van der Waals surface area contributed by atoms with Crippen molar-refractivity contribution >= 4 is 24.5 Å². The highest BCUT2D eigenvalue weighted by molar-refractivity contribution is 8.07. The second-order valence-electron chi connectivity index (χ2n) is 3.92. The van der Waals surface area contributed by atoms with E-state index in [1.165, 1.54) is 0 Å². The van der Waals surface area contributed by atoms with Crippen LogP contribution in [0.25, 0.3) is 0 Å². The van der Waals surface area contributed by atoms with Gasteiger partial charge in [0, 0.05) is 37.7 Å². The van der Waals surface area contributed by atoms with E-state index in [0.29, 0.717) is 25.0 Å². The maximum Gasteiger partial charge on any atom is 0.381 e. The Labute approximate surface area is 119 Å². The van der Waals surface area contributed by atoms with Gasteiger partial charge in [0.05, 0.1) is 13.2 Å². The predicted octanol–water partition coefficient (Wildman–Crippen LogP) is 2.53. The van der Waals surface area contributed by atoms with Crippen molar-refractivity contribution in [2.45, 2.75) is 20.8 Å². The molecule has 0 unspecified atom stereocenters. The van der Waals surface area contributed by atoms with Crippen LogP contribution in [0.1, 0.15) is 19.5 Å². The molecule has 0 bridgehead atoms. The molecule has 19 heavy (non-hydrogen) atoms. The van der Waals surface area contributed by atoms with Crippen molar-refractivity contribution < 1.29 is 13.6 Å². The number of rotatable bonds is 7. The first-order chi connectivity index (χ1) is 8.90. The third-order valence-electron chi connectivity index (χ3n) is 2.00. The Morgan fingerprint density at radius 3 is 2.26 bits per heavy atom. The zero-order valence-corrected chi connectivity index (χ0v) is 13.6. The summed E-state index contributed by atoms with van der Waals surface area (Å²) in [4.78, 5) is 10.4. The summed E-state index contributed by atoms with van der Waals surface area (Å²) >= 11 is 5.30. The molecular weight excluding hydrogens is 285 g/mol. The van der Waals surface area contributed by atoms with Crippen LogP contribution in [0.15, 0.2) is 6.07 Å². The van der Waals surface area contributed by atoms with E-state index in [-0.39, 0.29) is 0 Å². The molecule has 0 aliphatic carbocycles. The molecule has 1 aromatic rings. The lowest BCUT2D eigenvalue weighted by Gasteiger charge is -2.21. The Hall–Kier alpha value is -0.750. The summed E-state index contributed by atoms with van der Waals surface area (Å²) in [6.45, 7) is 3.64. The van der Waals surface area contributed by atoms with Gasteiger partial charge in [-0.1, -0.05) is 0 Å². The molecule has 0 aliphatic rings. The smallest absolute Gasteiger partial charge is 0.381 e. The normalized spacial score (nSPS) is 11.4. The molecule has 0 fully saturated rings. The average molecular weight is 305 g/mol. The average Bonchev–Trinajstić information content (AvgIpc) is 2.28. The van der Waals surface area contributed by atoms with Crippen molar-refractivity contribution in [1.82, 2.24) is 9.97 Å². The van der Waals surface area contributed by atoms with Crippen molar-refractivity contribution in [3.8, 4) is 5.88 Å². The largest absolute Gasteiger partial charge is 0.405 e. The lowest BCUT2D eigenvalue weighted by atomic mass is 10.4. The van der Waals surface area contributed by atoms with E-state index in [1.807, 2.05) is 34.9 Å². The third kappa shape index (κ3) is 5.03. The topological polar surface area (TPSA) is 56.7 Å². The lowest BCUT2D eigenvalue weighted by molar-refractivity contribution is 0.216. The molecule has 0 atom stereocenters. The fraction of sp³-hybridized carbons (Fsp3) is 0.636. The Morgan fingerprint density at radius 1 is 1.21 bits per heavy atom. The number of hydrogen-bond acceptors (Lipinski definition) is 7. The van der Waals surface area contributed by atoms with Crippen LogP contribution >= 0.6 is 6.72 Å². The summed E-state index contributed by atoms with van der Waals surface area (Å²) in [6, 6.07) is 1.71. The molecule has 0 radical (unpaired) electrons. The number of nitrogens with zero attached hydrogens (tertiary/aromatic N) is 3. The molecule has 0 aliphatic heterocycles. The molecule has 0 saturated heterocycles. The molecule has 0 N–H and O–H groups in total. The van der Waals surface area contributed by atoms with E-state index in [1.54, 1.807) is 11.0 Å². The minimum absolute atomic E-state index is 0.376. The van der Waals surface area contributed by atoms with Gasteiger partial charge in [-0.15, -0.1) is 0 Å². The van der Waals surface area contributed by atoms with Crippen LogP contribution in [0.2, 0.25) is 0 Å². The SMILES string of the molecule is CCOP(=S)(OCC)Oc1cc(C)nc(N(C)C)n1. The van der Waals surface area contributed by atoms with Crippen LogP contribution in [-0.2, 0) is 20.9 Å². The summed E-state index contributed by atoms with van der Waals surface area (Å²) in [7, 11) is 3.72. The number of hydrogen-bond donors (Lipinski definition) is 0. The highest BCUT2D eigenvalue weighted by Crippen LogP contribution is 2.49. The van der Waals surface area contributed by atoms with E-state index < -0.39 is 6.72 Å². The van der Waals surface area contributed by atoms with Crippen molar-refractivity contribution in [3.63, 3.8) is 0 Å². The van der Waals surface area contributed by atoms with Gasteiger partial charge in [-0.05, 0) is 20.8 Å². The molecule has 1 heterocycles. The van der Waals surface area contributed by atoms with Crippen LogP contribution in [0.3, 0.4) is 0 Å². The maximum absolute atomic E-state index is 5.66. The van der Waals surface area contributed by atoms with Crippen molar-refractivity contribution in [2.75, 3.05) is 32.2 Å². The molecule has 0 saturated carbocycles. The highest BCUT2D eigenvalue weighted by atomic mass is 32.5. The molecule has 0 amide bonds. The van der Waals surface area contributed by atoms with E-state index in [4.69, 9.17) is 25.4 Å². The summed E-state index contributed by atoms with van der Waals surface area (Å²) in [5.74, 6) is 0.936. The molecule has 6 nitrogen and oxygen atoms in total. The van der Waals surface area contributed by atoms with Gasteiger partial charge in [0.1, 0.15) is 0 Å². The van der Waals surface area contributed by atoms with Crippen LogP contribution in [0.4, 0.5) is 5.95 Å². The van der Waals surface area contributed by atoms with E-state index >= 15 is 0 Å². The van der Waals surface area contributed by atoms with Crippen molar-refractivity contribution in [2.24, 2.45) is 0 Å². The number of anilines is 1. The highest BCUT2D eigenvalue weighted by Gasteiger charge is 2.22. The predicted molar refractivity (Wildman–Crippen MR) is 79.3 cm³/mol. The van der Waals surface area contributed by atoms with E-state index in [9.17, 15) is 0 Å². The summed E-state index contributed by atoms with van der Waals surface area (Å²) in [5.41, 5.74) is 0.795. The minimum atomic E-state index is -2.79. The number of aryl methyl sites for hydroxylation is 1. The lowest BCUT2D eigenvalue weighted by Crippen LogP contribution is -2.14. The minimum Gasteiger partial charge on any atom is -0.405 e. The van der Waals surface area contributed by atoms with Crippen LogP contribution in [-0.4, -0.2) is 37.3 Å². The van der Waals surface area contributed by atoms with Crippen molar-refractivity contribution in [3.05, 3.63) is 11.8 Å². The Kier molecular flexibility index (Phi) is 6.13. The van der Waals surface area contributed by atoms with Gasteiger partial charge in [-0.2, -0.15) is 4.98 Å². The Morgan fingerprint density at radius 2 is 1.79 bits per heavy atom. The van der Waals surface area contributed by atoms with Crippen LogP contribution < -0.4 is 9.42 Å².